The highest BCUT2D eigenvalue weighted by molar-refractivity contribution is 7.15. The van der Waals surface area contributed by atoms with E-state index in [2.05, 4.69) is 20.6 Å². The molecule has 0 unspecified atom stereocenters. The monoisotopic (exact) mass is 336 g/mol. The van der Waals surface area contributed by atoms with Crippen LogP contribution in [0.5, 0.6) is 0 Å². The first kappa shape index (κ1) is 14.3. The lowest BCUT2D eigenvalue weighted by Gasteiger charge is -1.99. The molecule has 2 N–H and O–H groups in total. The summed E-state index contributed by atoms with van der Waals surface area (Å²) < 4.78 is 0. The molecule has 0 radical (unpaired) electrons. The zero-order chi connectivity index (χ0) is 14.7. The second kappa shape index (κ2) is 6.43. The van der Waals surface area contributed by atoms with Gasteiger partial charge >= 0.3 is 0 Å². The third-order valence-electron chi connectivity index (χ3n) is 2.83. The van der Waals surface area contributed by atoms with Gasteiger partial charge in [-0.05, 0) is 12.1 Å². The number of aromatic nitrogens is 2. The number of hydrogen-bond donors (Lipinski definition) is 2. The molecule has 0 spiro atoms. The molecule has 2 heterocycles. The maximum absolute atomic E-state index is 5.90. The van der Waals surface area contributed by atoms with Crippen LogP contribution in [0.15, 0.2) is 35.8 Å². The molecule has 0 fully saturated rings. The van der Waals surface area contributed by atoms with Gasteiger partial charge in [-0.15, -0.1) is 22.7 Å². The van der Waals surface area contributed by atoms with E-state index in [4.69, 9.17) is 11.6 Å². The van der Waals surface area contributed by atoms with E-state index < -0.39 is 0 Å². The number of nitrogens with zero attached hydrogens (tertiary/aromatic N) is 2. The summed E-state index contributed by atoms with van der Waals surface area (Å²) in [6.45, 7) is 0.729. The molecule has 0 saturated carbocycles. The van der Waals surface area contributed by atoms with Crippen LogP contribution in [0.25, 0.3) is 11.3 Å². The van der Waals surface area contributed by atoms with E-state index in [9.17, 15) is 0 Å². The number of hydrogen-bond acceptors (Lipinski definition) is 6. The molecule has 0 saturated heterocycles. The number of thiazole rings is 2. The third kappa shape index (κ3) is 3.53. The van der Waals surface area contributed by atoms with Crippen LogP contribution in [0.4, 0.5) is 10.3 Å². The molecule has 108 valence electrons. The highest BCUT2D eigenvalue weighted by Crippen LogP contribution is 2.27. The van der Waals surface area contributed by atoms with Gasteiger partial charge in [0.2, 0.25) is 0 Å². The summed E-state index contributed by atoms with van der Waals surface area (Å²) in [6, 6.07) is 7.70. The van der Waals surface area contributed by atoms with Gasteiger partial charge in [-0.1, -0.05) is 23.7 Å². The topological polar surface area (TPSA) is 49.8 Å². The number of anilines is 2. The fraction of sp³-hybridized carbons (Fsp3) is 0.143. The summed E-state index contributed by atoms with van der Waals surface area (Å²) in [6.07, 6.45) is 1.87. The molecule has 0 aliphatic rings. The van der Waals surface area contributed by atoms with E-state index in [0.29, 0.717) is 0 Å². The van der Waals surface area contributed by atoms with Crippen LogP contribution in [0.2, 0.25) is 5.02 Å². The third-order valence-corrected chi connectivity index (χ3v) is 4.89. The summed E-state index contributed by atoms with van der Waals surface area (Å²) in [5.41, 5.74) is 2.03. The molecule has 3 aromatic rings. The average molecular weight is 337 g/mol. The van der Waals surface area contributed by atoms with Gasteiger partial charge in [0.25, 0.3) is 0 Å². The second-order valence-electron chi connectivity index (χ2n) is 4.28. The minimum Gasteiger partial charge on any atom is -0.365 e. The predicted octanol–water partition coefficient (Wildman–Crippen LogP) is 4.57. The number of halogens is 1. The van der Waals surface area contributed by atoms with Crippen molar-refractivity contribution in [1.82, 2.24) is 9.97 Å². The zero-order valence-electron chi connectivity index (χ0n) is 11.3. The van der Waals surface area contributed by atoms with Gasteiger partial charge in [-0.3, -0.25) is 0 Å². The Bertz CT molecular complexity index is 721. The van der Waals surface area contributed by atoms with E-state index in [1.807, 2.05) is 42.9 Å². The van der Waals surface area contributed by atoms with Crippen LogP contribution in [-0.2, 0) is 6.54 Å². The fourth-order valence-corrected chi connectivity index (χ4v) is 3.33. The number of rotatable bonds is 5. The van der Waals surface area contributed by atoms with Crippen LogP contribution in [0.3, 0.4) is 0 Å². The minimum absolute atomic E-state index is 0.729. The van der Waals surface area contributed by atoms with E-state index in [0.717, 1.165) is 33.1 Å². The van der Waals surface area contributed by atoms with Gasteiger partial charge in [-0.25, -0.2) is 9.97 Å². The Balaban J connectivity index is 1.66. The maximum atomic E-state index is 5.90. The lowest BCUT2D eigenvalue weighted by atomic mass is 10.2. The summed E-state index contributed by atoms with van der Waals surface area (Å²) in [5.74, 6) is 0. The van der Waals surface area contributed by atoms with Gasteiger partial charge in [0.05, 0.1) is 12.2 Å². The Kier molecular flexibility index (Phi) is 4.38. The number of nitrogens with one attached hydrogen (secondary N) is 2. The lowest BCUT2D eigenvalue weighted by molar-refractivity contribution is 1.16. The lowest BCUT2D eigenvalue weighted by Crippen LogP contribution is -1.96. The first-order valence-corrected chi connectivity index (χ1v) is 8.40. The molecule has 0 atom stereocenters. The van der Waals surface area contributed by atoms with Crippen molar-refractivity contribution in [1.29, 1.82) is 0 Å². The average Bonchev–Trinajstić information content (AvgIpc) is 3.15. The van der Waals surface area contributed by atoms with Crippen molar-refractivity contribution in [3.8, 4) is 11.3 Å². The Morgan fingerprint density at radius 1 is 1.19 bits per heavy atom. The Morgan fingerprint density at radius 3 is 2.71 bits per heavy atom. The van der Waals surface area contributed by atoms with Gasteiger partial charge in [-0.2, -0.15) is 0 Å². The van der Waals surface area contributed by atoms with Gasteiger partial charge in [0, 0.05) is 34.1 Å². The Morgan fingerprint density at radius 2 is 2.00 bits per heavy atom. The summed E-state index contributed by atoms with van der Waals surface area (Å²) in [5, 5.41) is 11.0. The fourth-order valence-electron chi connectivity index (χ4n) is 1.78. The Hall–Kier alpha value is -1.63. The smallest absolute Gasteiger partial charge is 0.183 e. The molecule has 1 aromatic carbocycles. The first-order valence-electron chi connectivity index (χ1n) is 6.32. The molecule has 7 heteroatoms. The zero-order valence-corrected chi connectivity index (χ0v) is 13.6. The van der Waals surface area contributed by atoms with Crippen molar-refractivity contribution in [3.05, 3.63) is 45.7 Å². The van der Waals surface area contributed by atoms with E-state index in [-0.39, 0.29) is 0 Å². The van der Waals surface area contributed by atoms with Crippen LogP contribution in [0.1, 0.15) is 4.88 Å². The highest BCUT2D eigenvalue weighted by Gasteiger charge is 2.05. The van der Waals surface area contributed by atoms with Crippen molar-refractivity contribution in [3.63, 3.8) is 0 Å². The predicted molar refractivity (Wildman–Crippen MR) is 91.5 cm³/mol. The second-order valence-corrected chi connectivity index (χ2v) is 6.69. The minimum atomic E-state index is 0.729. The van der Waals surface area contributed by atoms with Crippen LogP contribution in [-0.4, -0.2) is 17.0 Å². The van der Waals surface area contributed by atoms with Crippen molar-refractivity contribution in [2.75, 3.05) is 17.7 Å². The normalized spacial score (nSPS) is 10.6. The molecule has 4 nitrogen and oxygen atoms in total. The van der Waals surface area contributed by atoms with Crippen LogP contribution >= 0.6 is 34.3 Å². The van der Waals surface area contributed by atoms with Gasteiger partial charge < -0.3 is 10.6 Å². The van der Waals surface area contributed by atoms with Gasteiger partial charge in [0.1, 0.15) is 0 Å². The van der Waals surface area contributed by atoms with E-state index >= 15 is 0 Å². The SMILES string of the molecule is CNc1ncc(CNc2nc(-c3ccc(Cl)cc3)cs2)s1. The van der Waals surface area contributed by atoms with Crippen molar-refractivity contribution in [2.45, 2.75) is 6.54 Å². The maximum Gasteiger partial charge on any atom is 0.183 e. The first-order chi connectivity index (χ1) is 10.2. The molecule has 2 aromatic heterocycles. The molecule has 0 bridgehead atoms. The summed E-state index contributed by atoms with van der Waals surface area (Å²) in [7, 11) is 1.87. The largest absolute Gasteiger partial charge is 0.365 e. The molecule has 21 heavy (non-hydrogen) atoms. The molecule has 0 aliphatic heterocycles. The summed E-state index contributed by atoms with van der Waals surface area (Å²) >= 11 is 9.12. The van der Waals surface area contributed by atoms with Crippen LogP contribution in [0, 0.1) is 0 Å². The van der Waals surface area contributed by atoms with Crippen LogP contribution < -0.4 is 10.6 Å². The molecular weight excluding hydrogens is 324 g/mol. The standard InChI is InChI=1S/C14H13ClN4S2/c1-16-13-17-6-11(21-13)7-18-14-19-12(8-20-14)9-2-4-10(15)5-3-9/h2-6,8H,7H2,1H3,(H,16,17)(H,18,19). The molecule has 0 aliphatic carbocycles. The van der Waals surface area contributed by atoms with Crippen molar-refractivity contribution >= 4 is 44.5 Å². The van der Waals surface area contributed by atoms with E-state index in [1.54, 1.807) is 22.7 Å². The van der Waals surface area contributed by atoms with Crippen molar-refractivity contribution < 1.29 is 0 Å². The number of benzene rings is 1. The highest BCUT2D eigenvalue weighted by atomic mass is 35.5. The quantitative estimate of drug-likeness (QED) is 0.716. The Labute approximate surface area is 135 Å². The van der Waals surface area contributed by atoms with Crippen molar-refractivity contribution in [2.24, 2.45) is 0 Å². The molecule has 3 rings (SSSR count). The summed E-state index contributed by atoms with van der Waals surface area (Å²) in [4.78, 5) is 10.0. The molecule has 0 amide bonds. The van der Waals surface area contributed by atoms with E-state index in [1.165, 1.54) is 4.88 Å². The molecular formula is C14H13ClN4S2. The van der Waals surface area contributed by atoms with Gasteiger partial charge in [0.15, 0.2) is 10.3 Å².